The van der Waals surface area contributed by atoms with Crippen molar-refractivity contribution in [1.29, 1.82) is 0 Å². The van der Waals surface area contributed by atoms with Crippen LogP contribution in [0.25, 0.3) is 11.3 Å². The number of rotatable bonds is 2. The minimum Gasteiger partial charge on any atom is -0.372 e. The third-order valence-electron chi connectivity index (χ3n) is 3.71. The Bertz CT molecular complexity index is 658. The predicted molar refractivity (Wildman–Crippen MR) is 79.9 cm³/mol. The fraction of sp³-hybridized carbons (Fsp3) is 0.375. The molecule has 22 heavy (non-hydrogen) atoms. The number of ether oxygens (including phenoxy) is 1. The summed E-state index contributed by atoms with van der Waals surface area (Å²) in [6.07, 6.45) is 1.54. The summed E-state index contributed by atoms with van der Waals surface area (Å²) in [7, 11) is 0. The molecule has 0 bridgehead atoms. The highest BCUT2D eigenvalue weighted by Gasteiger charge is 2.28. The molecule has 0 radical (unpaired) electrons. The van der Waals surface area contributed by atoms with Gasteiger partial charge in [-0.3, -0.25) is 9.89 Å². The number of H-pyrrole nitrogens is 1. The molecule has 1 aliphatic rings. The van der Waals surface area contributed by atoms with Gasteiger partial charge in [0.25, 0.3) is 5.91 Å². The average Bonchev–Trinajstić information content (AvgIpc) is 2.95. The highest BCUT2D eigenvalue weighted by atomic mass is 19.1. The van der Waals surface area contributed by atoms with Crippen LogP contribution < -0.4 is 0 Å². The van der Waals surface area contributed by atoms with E-state index >= 15 is 0 Å². The van der Waals surface area contributed by atoms with Crippen LogP contribution in [-0.4, -0.2) is 46.3 Å². The number of carbonyl (C=O) groups excluding carboxylic acids is 1. The molecular weight excluding hydrogens is 285 g/mol. The molecule has 1 aromatic heterocycles. The molecule has 1 aliphatic heterocycles. The fourth-order valence-corrected chi connectivity index (χ4v) is 2.80. The number of benzene rings is 1. The van der Waals surface area contributed by atoms with Crippen molar-refractivity contribution in [3.8, 4) is 11.3 Å². The minimum atomic E-state index is -0.313. The SMILES string of the molecule is C[C@@H]1CN(C(=O)c2cn[nH]c2-c2ccc(F)cc2)C[C@@H](C)O1. The number of aromatic nitrogens is 2. The van der Waals surface area contributed by atoms with E-state index in [1.54, 1.807) is 17.0 Å². The standard InChI is InChI=1S/C16H18FN3O2/c1-10-8-20(9-11(2)22-10)16(21)14-7-18-19-15(14)12-3-5-13(17)6-4-12/h3-7,10-11H,8-9H2,1-2H3,(H,18,19)/t10-,11-/m1/s1. The smallest absolute Gasteiger partial charge is 0.257 e. The summed E-state index contributed by atoms with van der Waals surface area (Å²) in [5.41, 5.74) is 1.83. The Hall–Kier alpha value is -2.21. The second-order valence-corrected chi connectivity index (χ2v) is 5.63. The molecule has 6 heteroatoms. The maximum atomic E-state index is 13.0. The molecule has 0 unspecified atom stereocenters. The Morgan fingerprint density at radius 1 is 1.27 bits per heavy atom. The summed E-state index contributed by atoms with van der Waals surface area (Å²) in [5, 5.41) is 6.81. The van der Waals surface area contributed by atoms with Crippen LogP contribution in [0.4, 0.5) is 4.39 Å². The predicted octanol–water partition coefficient (Wildman–Crippen LogP) is 2.47. The summed E-state index contributed by atoms with van der Waals surface area (Å²) in [6.45, 7) is 5.01. The molecule has 1 amide bonds. The number of hydrogen-bond acceptors (Lipinski definition) is 3. The highest BCUT2D eigenvalue weighted by molar-refractivity contribution is 5.99. The Morgan fingerprint density at radius 2 is 1.91 bits per heavy atom. The Balaban J connectivity index is 1.88. The quantitative estimate of drug-likeness (QED) is 0.927. The van der Waals surface area contributed by atoms with Gasteiger partial charge < -0.3 is 9.64 Å². The van der Waals surface area contributed by atoms with Crippen molar-refractivity contribution in [3.05, 3.63) is 41.8 Å². The van der Waals surface area contributed by atoms with E-state index in [2.05, 4.69) is 10.2 Å². The van der Waals surface area contributed by atoms with Crippen LogP contribution in [-0.2, 0) is 4.74 Å². The first kappa shape index (κ1) is 14.7. The number of carbonyl (C=O) groups is 1. The monoisotopic (exact) mass is 303 g/mol. The van der Waals surface area contributed by atoms with Crippen LogP contribution in [0.3, 0.4) is 0 Å². The maximum Gasteiger partial charge on any atom is 0.257 e. The number of amides is 1. The second-order valence-electron chi connectivity index (χ2n) is 5.63. The van der Waals surface area contributed by atoms with Gasteiger partial charge in [0.2, 0.25) is 0 Å². The molecule has 116 valence electrons. The summed E-state index contributed by atoms with van der Waals surface area (Å²) in [4.78, 5) is 14.5. The lowest BCUT2D eigenvalue weighted by atomic mass is 10.1. The number of nitrogens with one attached hydrogen (secondary N) is 1. The third-order valence-corrected chi connectivity index (χ3v) is 3.71. The second kappa shape index (κ2) is 5.88. The number of morpholine rings is 1. The van der Waals surface area contributed by atoms with Crippen LogP contribution in [0.5, 0.6) is 0 Å². The molecule has 2 aromatic rings. The topological polar surface area (TPSA) is 58.2 Å². The summed E-state index contributed by atoms with van der Waals surface area (Å²) in [5.74, 6) is -0.401. The van der Waals surface area contributed by atoms with E-state index in [0.717, 1.165) is 5.56 Å². The molecule has 2 atom stereocenters. The van der Waals surface area contributed by atoms with Crippen LogP contribution in [0, 0.1) is 5.82 Å². The molecule has 3 rings (SSSR count). The van der Waals surface area contributed by atoms with Gasteiger partial charge in [-0.15, -0.1) is 0 Å². The van der Waals surface area contributed by atoms with Crippen LogP contribution in [0.2, 0.25) is 0 Å². The largest absolute Gasteiger partial charge is 0.372 e. The molecule has 0 spiro atoms. The average molecular weight is 303 g/mol. The number of nitrogens with zero attached hydrogens (tertiary/aromatic N) is 2. The minimum absolute atomic E-state index is 0.00821. The van der Waals surface area contributed by atoms with E-state index in [0.29, 0.717) is 24.3 Å². The molecule has 1 fully saturated rings. The Kier molecular flexibility index (Phi) is 3.94. The maximum absolute atomic E-state index is 13.0. The van der Waals surface area contributed by atoms with Gasteiger partial charge in [0.15, 0.2) is 0 Å². The highest BCUT2D eigenvalue weighted by Crippen LogP contribution is 2.24. The van der Waals surface area contributed by atoms with Gasteiger partial charge in [0.1, 0.15) is 5.82 Å². The van der Waals surface area contributed by atoms with E-state index in [9.17, 15) is 9.18 Å². The summed E-state index contributed by atoms with van der Waals surface area (Å²) < 4.78 is 18.7. The van der Waals surface area contributed by atoms with Gasteiger partial charge in [0.05, 0.1) is 29.7 Å². The Labute approximate surface area is 128 Å². The molecule has 0 aliphatic carbocycles. The van der Waals surface area contributed by atoms with Crippen molar-refractivity contribution in [2.75, 3.05) is 13.1 Å². The lowest BCUT2D eigenvalue weighted by Crippen LogP contribution is -2.48. The van der Waals surface area contributed by atoms with Crippen molar-refractivity contribution in [3.63, 3.8) is 0 Å². The fourth-order valence-electron chi connectivity index (χ4n) is 2.80. The van der Waals surface area contributed by atoms with E-state index in [4.69, 9.17) is 4.74 Å². The zero-order valence-corrected chi connectivity index (χ0v) is 12.5. The van der Waals surface area contributed by atoms with Crippen LogP contribution in [0.1, 0.15) is 24.2 Å². The van der Waals surface area contributed by atoms with Crippen LogP contribution >= 0.6 is 0 Å². The molecule has 1 N–H and O–H groups in total. The zero-order valence-electron chi connectivity index (χ0n) is 12.5. The number of hydrogen-bond donors (Lipinski definition) is 1. The first-order valence-electron chi connectivity index (χ1n) is 7.28. The van der Waals surface area contributed by atoms with E-state index in [1.807, 2.05) is 13.8 Å². The van der Waals surface area contributed by atoms with Crippen molar-refractivity contribution in [1.82, 2.24) is 15.1 Å². The number of aromatic amines is 1. The van der Waals surface area contributed by atoms with Crippen molar-refractivity contribution >= 4 is 5.91 Å². The van der Waals surface area contributed by atoms with Crippen molar-refractivity contribution in [2.45, 2.75) is 26.1 Å². The lowest BCUT2D eigenvalue weighted by Gasteiger charge is -2.35. The van der Waals surface area contributed by atoms with Crippen molar-refractivity contribution < 1.29 is 13.9 Å². The molecule has 1 saturated heterocycles. The first-order valence-corrected chi connectivity index (χ1v) is 7.28. The number of halogens is 1. The molecule has 2 heterocycles. The van der Waals surface area contributed by atoms with E-state index < -0.39 is 0 Å². The van der Waals surface area contributed by atoms with Gasteiger partial charge in [-0.25, -0.2) is 4.39 Å². The molecule has 5 nitrogen and oxygen atoms in total. The van der Waals surface area contributed by atoms with Gasteiger partial charge in [0, 0.05) is 18.7 Å². The normalized spacial score (nSPS) is 21.9. The van der Waals surface area contributed by atoms with Crippen molar-refractivity contribution in [2.24, 2.45) is 0 Å². The lowest BCUT2D eigenvalue weighted by molar-refractivity contribution is -0.0586. The Morgan fingerprint density at radius 3 is 2.55 bits per heavy atom. The summed E-state index contributed by atoms with van der Waals surface area (Å²) in [6, 6.07) is 5.99. The zero-order chi connectivity index (χ0) is 15.7. The van der Waals surface area contributed by atoms with Gasteiger partial charge in [-0.2, -0.15) is 5.10 Å². The molecule has 1 aromatic carbocycles. The van der Waals surface area contributed by atoms with Gasteiger partial charge in [-0.1, -0.05) is 0 Å². The van der Waals surface area contributed by atoms with Gasteiger partial charge in [-0.05, 0) is 38.1 Å². The first-order chi connectivity index (χ1) is 10.5. The molecular formula is C16H18FN3O2. The van der Waals surface area contributed by atoms with E-state index in [1.165, 1.54) is 18.3 Å². The summed E-state index contributed by atoms with van der Waals surface area (Å²) >= 11 is 0. The van der Waals surface area contributed by atoms with E-state index in [-0.39, 0.29) is 23.9 Å². The van der Waals surface area contributed by atoms with Gasteiger partial charge >= 0.3 is 0 Å². The third kappa shape index (κ3) is 2.87. The molecule has 0 saturated carbocycles. The van der Waals surface area contributed by atoms with Crippen LogP contribution in [0.15, 0.2) is 30.5 Å².